The molecule has 9 heteroatoms. The number of carbonyl (C=O) groups excluding carboxylic acids is 1. The van der Waals surface area contributed by atoms with Crippen molar-refractivity contribution in [1.82, 2.24) is 9.21 Å². The zero-order valence-corrected chi connectivity index (χ0v) is 17.3. The maximum atomic E-state index is 12.7. The Hall–Kier alpha value is -1.16. The van der Waals surface area contributed by atoms with E-state index in [1.54, 1.807) is 6.07 Å². The second kappa shape index (κ2) is 7.84. The first-order valence-corrected chi connectivity index (χ1v) is 11.2. The van der Waals surface area contributed by atoms with Crippen LogP contribution < -0.4 is 4.74 Å². The molecule has 0 radical (unpaired) electrons. The number of hydrogen-bond acceptors (Lipinski definition) is 6. The van der Waals surface area contributed by atoms with Crippen LogP contribution in [0.1, 0.15) is 35.7 Å². The number of morpholine rings is 1. The van der Waals surface area contributed by atoms with E-state index >= 15 is 0 Å². The van der Waals surface area contributed by atoms with E-state index < -0.39 is 15.9 Å². The topological polar surface area (TPSA) is 76.2 Å². The van der Waals surface area contributed by atoms with Gasteiger partial charge in [-0.25, -0.2) is 12.7 Å². The third-order valence-corrected chi connectivity index (χ3v) is 7.21. The lowest BCUT2D eigenvalue weighted by Gasteiger charge is -2.26. The van der Waals surface area contributed by atoms with Gasteiger partial charge in [0.1, 0.15) is 17.3 Å². The summed E-state index contributed by atoms with van der Waals surface area (Å²) in [6, 6.07) is 3.25. The summed E-state index contributed by atoms with van der Waals surface area (Å²) in [7, 11) is -3.84. The number of ether oxygens (including phenoxy) is 2. The maximum Gasteiger partial charge on any atom is 0.270 e. The molecule has 0 aliphatic carbocycles. The number of fused-ring (bicyclic) bond motifs is 1. The molecule has 0 atom stereocenters. The number of carbonyl (C=O) groups is 1. The molecule has 0 bridgehead atoms. The molecule has 1 aromatic rings. The fourth-order valence-electron chi connectivity index (χ4n) is 3.17. The summed E-state index contributed by atoms with van der Waals surface area (Å²) in [4.78, 5) is 14.8. The molecular formula is C17H23BrN2O5S. The summed E-state index contributed by atoms with van der Waals surface area (Å²) in [6.07, 6.45) is 0. The fraction of sp³-hybridized carbons (Fsp3) is 0.588. The predicted molar refractivity (Wildman–Crippen MR) is 100 cm³/mol. The Labute approximate surface area is 162 Å². The quantitative estimate of drug-likeness (QED) is 0.491. The van der Waals surface area contributed by atoms with E-state index in [1.807, 2.05) is 13.8 Å². The highest BCUT2D eigenvalue weighted by atomic mass is 79.9. The van der Waals surface area contributed by atoms with Crippen LogP contribution in [0.2, 0.25) is 0 Å². The number of hydrogen-bond donors (Lipinski definition) is 0. The Morgan fingerprint density at radius 1 is 1.27 bits per heavy atom. The highest BCUT2D eigenvalue weighted by Crippen LogP contribution is 2.38. The van der Waals surface area contributed by atoms with Gasteiger partial charge in [0.25, 0.3) is 15.9 Å². The van der Waals surface area contributed by atoms with Crippen LogP contribution in [0.4, 0.5) is 0 Å². The lowest BCUT2D eigenvalue weighted by atomic mass is 9.96. The molecule has 0 spiro atoms. The van der Waals surface area contributed by atoms with Crippen LogP contribution >= 0.6 is 15.9 Å². The van der Waals surface area contributed by atoms with E-state index in [1.165, 1.54) is 6.07 Å². The minimum Gasteiger partial charge on any atom is -0.492 e. The minimum atomic E-state index is -3.84. The van der Waals surface area contributed by atoms with Crippen LogP contribution in [-0.2, 0) is 14.8 Å². The molecule has 1 amide bonds. The first-order valence-electron chi connectivity index (χ1n) is 8.60. The molecular weight excluding hydrogens is 424 g/mol. The van der Waals surface area contributed by atoms with Crippen molar-refractivity contribution in [2.45, 2.75) is 24.7 Å². The summed E-state index contributed by atoms with van der Waals surface area (Å²) in [5.41, 5.74) is 0.897. The van der Waals surface area contributed by atoms with Crippen molar-refractivity contribution in [2.24, 2.45) is 0 Å². The van der Waals surface area contributed by atoms with Gasteiger partial charge in [-0.15, -0.1) is 0 Å². The van der Waals surface area contributed by atoms with Gasteiger partial charge in [0.2, 0.25) is 0 Å². The molecule has 0 N–H and O–H groups in total. The molecule has 2 aliphatic rings. The SMILES string of the molecule is CC(C)c1cc(OCCN2CCOCC2)cc2c1C(=O)N(CBr)S2(=O)=O. The van der Waals surface area contributed by atoms with Gasteiger partial charge in [0.15, 0.2) is 0 Å². The highest BCUT2D eigenvalue weighted by Gasteiger charge is 2.43. The third kappa shape index (κ3) is 3.62. The number of benzene rings is 1. The molecule has 144 valence electrons. The Kier molecular flexibility index (Phi) is 5.91. The van der Waals surface area contributed by atoms with Crippen molar-refractivity contribution in [3.8, 4) is 5.75 Å². The Morgan fingerprint density at radius 2 is 1.96 bits per heavy atom. The van der Waals surface area contributed by atoms with Crippen molar-refractivity contribution in [1.29, 1.82) is 0 Å². The second-order valence-electron chi connectivity index (χ2n) is 6.62. The van der Waals surface area contributed by atoms with E-state index in [0.717, 1.165) is 37.2 Å². The zero-order chi connectivity index (χ0) is 18.9. The van der Waals surface area contributed by atoms with Crippen LogP contribution in [-0.4, -0.2) is 68.4 Å². The first kappa shape index (κ1) is 19.6. The number of alkyl halides is 1. The van der Waals surface area contributed by atoms with Crippen molar-refractivity contribution in [3.63, 3.8) is 0 Å². The average molecular weight is 447 g/mol. The Bertz CT molecular complexity index is 791. The molecule has 2 aliphatic heterocycles. The van der Waals surface area contributed by atoms with Crippen LogP contribution in [0.15, 0.2) is 17.0 Å². The molecule has 3 rings (SSSR count). The Balaban J connectivity index is 1.85. The van der Waals surface area contributed by atoms with Gasteiger partial charge < -0.3 is 9.47 Å². The lowest BCUT2D eigenvalue weighted by molar-refractivity contribution is 0.0322. The largest absolute Gasteiger partial charge is 0.492 e. The summed E-state index contributed by atoms with van der Waals surface area (Å²) < 4.78 is 37.3. The fourth-order valence-corrected chi connectivity index (χ4v) is 5.61. The van der Waals surface area contributed by atoms with Crippen molar-refractivity contribution in [3.05, 3.63) is 23.3 Å². The van der Waals surface area contributed by atoms with Crippen LogP contribution in [0.25, 0.3) is 0 Å². The van der Waals surface area contributed by atoms with Crippen molar-refractivity contribution in [2.75, 3.05) is 44.9 Å². The highest BCUT2D eigenvalue weighted by molar-refractivity contribution is 9.09. The van der Waals surface area contributed by atoms with Gasteiger partial charge >= 0.3 is 0 Å². The van der Waals surface area contributed by atoms with E-state index in [-0.39, 0.29) is 21.8 Å². The summed E-state index contributed by atoms with van der Waals surface area (Å²) in [5.74, 6) is -0.00471. The number of nitrogens with zero attached hydrogens (tertiary/aromatic N) is 2. The lowest BCUT2D eigenvalue weighted by Crippen LogP contribution is -2.38. The number of sulfonamides is 1. The second-order valence-corrected chi connectivity index (χ2v) is 8.95. The molecule has 26 heavy (non-hydrogen) atoms. The van der Waals surface area contributed by atoms with Crippen molar-refractivity contribution >= 4 is 31.9 Å². The average Bonchev–Trinajstić information content (AvgIpc) is 2.81. The van der Waals surface area contributed by atoms with E-state index in [4.69, 9.17) is 9.47 Å². The maximum absolute atomic E-state index is 12.7. The van der Waals surface area contributed by atoms with Gasteiger partial charge in [-0.3, -0.25) is 9.69 Å². The van der Waals surface area contributed by atoms with Gasteiger partial charge in [-0.05, 0) is 17.5 Å². The molecule has 1 aromatic carbocycles. The third-order valence-electron chi connectivity index (χ3n) is 4.63. The van der Waals surface area contributed by atoms with Gasteiger partial charge in [-0.2, -0.15) is 0 Å². The minimum absolute atomic E-state index is 0.000897. The van der Waals surface area contributed by atoms with E-state index in [9.17, 15) is 13.2 Å². The van der Waals surface area contributed by atoms with Gasteiger partial charge in [0, 0.05) is 25.7 Å². The standard InChI is InChI=1S/C17H23BrN2O5S/c1-12(2)14-9-13(25-8-5-19-3-6-24-7-4-19)10-15-16(14)17(21)20(11-18)26(15,22)23/h9-10,12H,3-8,11H2,1-2H3. The van der Waals surface area contributed by atoms with Gasteiger partial charge in [0.05, 0.1) is 24.2 Å². The van der Waals surface area contributed by atoms with Crippen LogP contribution in [0.3, 0.4) is 0 Å². The molecule has 0 saturated carbocycles. The number of rotatable bonds is 6. The van der Waals surface area contributed by atoms with Crippen LogP contribution in [0.5, 0.6) is 5.75 Å². The summed E-state index contributed by atoms with van der Waals surface area (Å²) >= 11 is 3.10. The van der Waals surface area contributed by atoms with E-state index in [2.05, 4.69) is 20.8 Å². The van der Waals surface area contributed by atoms with Crippen LogP contribution in [0, 0.1) is 0 Å². The van der Waals surface area contributed by atoms with Crippen molar-refractivity contribution < 1.29 is 22.7 Å². The number of halogens is 1. The molecule has 0 unspecified atom stereocenters. The monoisotopic (exact) mass is 446 g/mol. The summed E-state index contributed by atoms with van der Waals surface area (Å²) in [6.45, 7) is 8.25. The molecule has 1 fully saturated rings. The molecule has 0 aromatic heterocycles. The normalized spacial score (nSPS) is 19.8. The molecule has 1 saturated heterocycles. The zero-order valence-electron chi connectivity index (χ0n) is 14.9. The molecule has 2 heterocycles. The smallest absolute Gasteiger partial charge is 0.270 e. The summed E-state index contributed by atoms with van der Waals surface area (Å²) in [5, 5.41) is 0. The van der Waals surface area contributed by atoms with Gasteiger partial charge in [-0.1, -0.05) is 29.8 Å². The van der Waals surface area contributed by atoms with E-state index in [0.29, 0.717) is 17.9 Å². The predicted octanol–water partition coefficient (Wildman–Crippen LogP) is 2.02. The Morgan fingerprint density at radius 3 is 2.58 bits per heavy atom. The molecule has 7 nitrogen and oxygen atoms in total. The number of amides is 1. The first-order chi connectivity index (χ1) is 12.4.